The summed E-state index contributed by atoms with van der Waals surface area (Å²) in [5, 5.41) is 37.1. The molecule has 34 heavy (non-hydrogen) atoms. The van der Waals surface area contributed by atoms with E-state index in [2.05, 4.69) is 4.74 Å². The average molecular weight is 573 g/mol. The molecular formula is C19H29BrF4O10. The maximum atomic E-state index is 13.4. The number of aliphatic hydroxyl groups excluding tert-OH is 4. The van der Waals surface area contributed by atoms with Gasteiger partial charge in [0.15, 0.2) is 0 Å². The largest absolute Gasteiger partial charge is 0.465 e. The Balaban J connectivity index is 5.56. The van der Waals surface area contributed by atoms with Crippen LogP contribution in [0.25, 0.3) is 0 Å². The Hall–Kier alpha value is -1.55. The third kappa shape index (κ3) is 8.29. The molecule has 0 spiro atoms. The first-order valence-electron chi connectivity index (χ1n) is 9.78. The first kappa shape index (κ1) is 32.5. The van der Waals surface area contributed by atoms with Crippen LogP contribution in [0.4, 0.5) is 17.6 Å². The monoisotopic (exact) mass is 572 g/mol. The van der Waals surface area contributed by atoms with E-state index in [1.807, 2.05) is 0 Å². The van der Waals surface area contributed by atoms with Crippen molar-refractivity contribution in [3.05, 3.63) is 0 Å². The number of carbonyl (C=O) groups excluding carboxylic acids is 3. The van der Waals surface area contributed by atoms with Crippen LogP contribution in [0.15, 0.2) is 0 Å². The van der Waals surface area contributed by atoms with E-state index in [0.717, 1.165) is 20.8 Å². The lowest BCUT2D eigenvalue weighted by atomic mass is 9.90. The third-order valence-electron chi connectivity index (χ3n) is 4.98. The van der Waals surface area contributed by atoms with E-state index in [4.69, 9.17) is 9.47 Å². The first-order chi connectivity index (χ1) is 15.4. The van der Waals surface area contributed by atoms with E-state index in [-0.39, 0.29) is 0 Å². The molecule has 0 aliphatic heterocycles. The van der Waals surface area contributed by atoms with E-state index < -0.39 is 97.6 Å². The maximum absolute atomic E-state index is 13.4. The van der Waals surface area contributed by atoms with Gasteiger partial charge in [-0.1, -0.05) is 0 Å². The fraction of sp³-hybridized carbons (Fsp3) is 0.842. The molecule has 0 unspecified atom stereocenters. The van der Waals surface area contributed by atoms with Gasteiger partial charge in [-0.3, -0.25) is 14.4 Å². The number of hydrogen-bond acceptors (Lipinski definition) is 10. The highest BCUT2D eigenvalue weighted by Crippen LogP contribution is 2.41. The summed E-state index contributed by atoms with van der Waals surface area (Å²) < 4.78 is 67.0. The lowest BCUT2D eigenvalue weighted by Crippen LogP contribution is -2.46. The first-order valence-corrected chi connectivity index (χ1v) is 10.6. The zero-order valence-corrected chi connectivity index (χ0v) is 20.4. The highest BCUT2D eigenvalue weighted by atomic mass is 79.9. The van der Waals surface area contributed by atoms with Crippen LogP contribution in [0.2, 0.25) is 0 Å². The molecule has 0 radical (unpaired) electrons. The zero-order chi connectivity index (χ0) is 27.0. The van der Waals surface area contributed by atoms with Gasteiger partial charge in [0.25, 0.3) is 0 Å². The van der Waals surface area contributed by atoms with Gasteiger partial charge in [-0.25, -0.2) is 0 Å². The molecule has 0 aliphatic carbocycles. The van der Waals surface area contributed by atoms with Crippen molar-refractivity contribution in [3.63, 3.8) is 0 Å². The van der Waals surface area contributed by atoms with Crippen LogP contribution >= 0.6 is 15.9 Å². The summed E-state index contributed by atoms with van der Waals surface area (Å²) in [4.78, 5) is 32.4. The van der Waals surface area contributed by atoms with E-state index >= 15 is 0 Å². The third-order valence-corrected chi connectivity index (χ3v) is 5.56. The molecule has 0 fully saturated rings. The number of carbonyl (C=O) groups is 3. The Morgan fingerprint density at radius 2 is 1.00 bits per heavy atom. The second kappa shape index (κ2) is 12.4. The second-order valence-electron chi connectivity index (χ2n) is 8.55. The van der Waals surface area contributed by atoms with Crippen molar-refractivity contribution in [2.24, 2.45) is 16.2 Å². The number of ether oxygens (including phenoxy) is 3. The molecule has 0 aromatic heterocycles. The lowest BCUT2D eigenvalue weighted by Gasteiger charge is -2.31. The smallest absolute Gasteiger partial charge is 0.363 e. The predicted octanol–water partition coefficient (Wildman–Crippen LogP) is 0.617. The van der Waals surface area contributed by atoms with Crippen molar-refractivity contribution in [2.75, 3.05) is 46.2 Å². The van der Waals surface area contributed by atoms with Crippen LogP contribution in [0.3, 0.4) is 0 Å². The molecule has 0 heterocycles. The summed E-state index contributed by atoms with van der Waals surface area (Å²) in [5.74, 6) is -8.27. The molecule has 0 saturated carbocycles. The van der Waals surface area contributed by atoms with Gasteiger partial charge >= 0.3 is 28.7 Å². The Morgan fingerprint density at radius 1 is 0.676 bits per heavy atom. The minimum Gasteiger partial charge on any atom is -0.465 e. The van der Waals surface area contributed by atoms with Crippen LogP contribution in [-0.4, -0.2) is 95.3 Å². The number of halogens is 5. The van der Waals surface area contributed by atoms with E-state index in [1.54, 1.807) is 0 Å². The quantitative estimate of drug-likeness (QED) is 0.0947. The van der Waals surface area contributed by atoms with Crippen LogP contribution in [-0.2, 0) is 28.6 Å². The summed E-state index contributed by atoms with van der Waals surface area (Å²) >= 11 is 1.53. The van der Waals surface area contributed by atoms with E-state index in [9.17, 15) is 52.4 Å². The molecule has 4 N–H and O–H groups in total. The van der Waals surface area contributed by atoms with Crippen LogP contribution in [0.1, 0.15) is 27.2 Å². The van der Waals surface area contributed by atoms with Gasteiger partial charge in [0.1, 0.15) is 29.5 Å². The molecule has 10 nitrogen and oxygen atoms in total. The van der Waals surface area contributed by atoms with Crippen LogP contribution < -0.4 is 0 Å². The highest BCUT2D eigenvalue weighted by molar-refractivity contribution is 9.10. The van der Waals surface area contributed by atoms with Crippen molar-refractivity contribution >= 4 is 33.8 Å². The summed E-state index contributed by atoms with van der Waals surface area (Å²) in [6.07, 6.45) is -1.58. The molecule has 0 amide bonds. The van der Waals surface area contributed by atoms with Crippen molar-refractivity contribution < 1.29 is 66.6 Å². The van der Waals surface area contributed by atoms with Crippen molar-refractivity contribution in [3.8, 4) is 0 Å². The molecule has 0 bridgehead atoms. The molecule has 0 aromatic rings. The SMILES string of the molecule is CC(CO)(CO)C(=O)OCC(C)(COC(=O)C(C)(CO)CO)C(=O)OCCC(F)(F)C(F)(F)Br. The Labute approximate surface area is 201 Å². The number of aliphatic hydroxyl groups is 4. The summed E-state index contributed by atoms with van der Waals surface area (Å²) in [5.41, 5.74) is -5.59. The molecule has 0 saturated heterocycles. The van der Waals surface area contributed by atoms with Crippen molar-refractivity contribution in [1.29, 1.82) is 0 Å². The van der Waals surface area contributed by atoms with Gasteiger partial charge < -0.3 is 34.6 Å². The molecule has 0 aliphatic rings. The maximum Gasteiger partial charge on any atom is 0.363 e. The zero-order valence-electron chi connectivity index (χ0n) is 18.8. The normalized spacial score (nSPS) is 13.4. The minimum atomic E-state index is -4.57. The number of hydrogen-bond donors (Lipinski definition) is 4. The van der Waals surface area contributed by atoms with E-state index in [1.165, 1.54) is 15.9 Å². The molecule has 0 rings (SSSR count). The van der Waals surface area contributed by atoms with Gasteiger partial charge in [-0.15, -0.1) is 0 Å². The van der Waals surface area contributed by atoms with E-state index in [0.29, 0.717) is 0 Å². The fourth-order valence-electron chi connectivity index (χ4n) is 1.90. The topological polar surface area (TPSA) is 160 Å². The molecule has 0 atom stereocenters. The van der Waals surface area contributed by atoms with Gasteiger partial charge in [0, 0.05) is 0 Å². The number of esters is 3. The Morgan fingerprint density at radius 3 is 1.29 bits per heavy atom. The van der Waals surface area contributed by atoms with Crippen LogP contribution in [0, 0.1) is 16.2 Å². The van der Waals surface area contributed by atoms with Crippen molar-refractivity contribution in [1.82, 2.24) is 0 Å². The molecule has 15 heteroatoms. The van der Waals surface area contributed by atoms with Gasteiger partial charge in [0.05, 0.1) is 39.5 Å². The summed E-state index contributed by atoms with van der Waals surface area (Å²) in [7, 11) is 0. The van der Waals surface area contributed by atoms with Gasteiger partial charge in [-0.2, -0.15) is 17.6 Å². The molecule has 200 valence electrons. The fourth-order valence-corrected chi connectivity index (χ4v) is 2.10. The molecular weight excluding hydrogens is 544 g/mol. The number of rotatable bonds is 15. The van der Waals surface area contributed by atoms with Gasteiger partial charge in [0.2, 0.25) is 0 Å². The van der Waals surface area contributed by atoms with Crippen molar-refractivity contribution in [2.45, 2.75) is 37.9 Å². The second-order valence-corrected chi connectivity index (χ2v) is 9.55. The minimum absolute atomic E-state index is 0.834. The van der Waals surface area contributed by atoms with Gasteiger partial charge in [-0.05, 0) is 36.7 Å². The number of alkyl halides is 5. The highest BCUT2D eigenvalue weighted by Gasteiger charge is 2.54. The molecule has 0 aromatic carbocycles. The van der Waals surface area contributed by atoms with Crippen LogP contribution in [0.5, 0.6) is 0 Å². The summed E-state index contributed by atoms with van der Waals surface area (Å²) in [6.45, 7) is -2.99. The average Bonchev–Trinajstić information content (AvgIpc) is 2.78. The Bertz CT molecular complexity index is 672. The standard InChI is InChI=1S/C19H29BrF4O10/c1-15(6-25,7-26)12(29)33-10-17(3,11-34-13(30)16(2,8-27)9-28)14(31)32-5-4-18(21,22)19(20,23)24/h25-28H,4-11H2,1-3H3. The lowest BCUT2D eigenvalue weighted by molar-refractivity contribution is -0.183. The Kier molecular flexibility index (Phi) is 11.9. The summed E-state index contributed by atoms with van der Waals surface area (Å²) in [6, 6.07) is 0. The predicted molar refractivity (Wildman–Crippen MR) is 109 cm³/mol.